The highest BCUT2D eigenvalue weighted by molar-refractivity contribution is 6.20. The molecular formula is C35H23NO2. The maximum atomic E-state index is 6.54. The zero-order chi connectivity index (χ0) is 25.2. The Balaban J connectivity index is 1.54. The van der Waals surface area contributed by atoms with Crippen LogP contribution >= 0.6 is 0 Å². The predicted molar refractivity (Wildman–Crippen MR) is 158 cm³/mol. The van der Waals surface area contributed by atoms with Gasteiger partial charge in [0.25, 0.3) is 0 Å². The molecule has 180 valence electrons. The summed E-state index contributed by atoms with van der Waals surface area (Å²) in [7, 11) is 0. The van der Waals surface area contributed by atoms with Crippen LogP contribution in [0, 0.1) is 6.92 Å². The summed E-state index contributed by atoms with van der Waals surface area (Å²) in [6.45, 7) is 2.16. The quantitative estimate of drug-likeness (QED) is 0.247. The normalized spacial score (nSPS) is 11.8. The van der Waals surface area contributed by atoms with Crippen molar-refractivity contribution in [3.63, 3.8) is 0 Å². The molecule has 0 saturated carbocycles. The van der Waals surface area contributed by atoms with Crippen LogP contribution in [0.5, 0.6) is 0 Å². The molecule has 8 rings (SSSR count). The predicted octanol–water partition coefficient (Wildman–Crippen LogP) is 10.4. The van der Waals surface area contributed by atoms with Gasteiger partial charge >= 0.3 is 0 Å². The lowest BCUT2D eigenvalue weighted by Gasteiger charge is -2.28. The van der Waals surface area contributed by atoms with Gasteiger partial charge < -0.3 is 13.7 Å². The molecule has 2 aromatic heterocycles. The van der Waals surface area contributed by atoms with E-state index in [9.17, 15) is 0 Å². The van der Waals surface area contributed by atoms with Gasteiger partial charge in [-0.3, -0.25) is 0 Å². The second-order valence-corrected chi connectivity index (χ2v) is 9.79. The number of aryl methyl sites for hydroxylation is 1. The molecule has 3 nitrogen and oxygen atoms in total. The van der Waals surface area contributed by atoms with Gasteiger partial charge in [0.05, 0.1) is 11.4 Å². The van der Waals surface area contributed by atoms with Gasteiger partial charge in [0, 0.05) is 38.0 Å². The Morgan fingerprint density at radius 1 is 0.421 bits per heavy atom. The highest BCUT2D eigenvalue weighted by Crippen LogP contribution is 2.47. The first-order chi connectivity index (χ1) is 18.8. The molecule has 0 fully saturated rings. The van der Waals surface area contributed by atoms with Crippen molar-refractivity contribution in [3.05, 3.63) is 127 Å². The van der Waals surface area contributed by atoms with E-state index in [0.717, 1.165) is 71.7 Å². The zero-order valence-electron chi connectivity index (χ0n) is 20.8. The lowest BCUT2D eigenvalue weighted by molar-refractivity contribution is 0.669. The first-order valence-electron chi connectivity index (χ1n) is 12.9. The minimum Gasteiger partial charge on any atom is -0.455 e. The topological polar surface area (TPSA) is 29.5 Å². The highest BCUT2D eigenvalue weighted by Gasteiger charge is 2.24. The molecule has 0 unspecified atom stereocenters. The van der Waals surface area contributed by atoms with Crippen LogP contribution in [-0.4, -0.2) is 0 Å². The van der Waals surface area contributed by atoms with Gasteiger partial charge in [0.2, 0.25) is 0 Å². The van der Waals surface area contributed by atoms with Crippen LogP contribution < -0.4 is 4.90 Å². The maximum absolute atomic E-state index is 6.54. The van der Waals surface area contributed by atoms with Gasteiger partial charge in [-0.05, 0) is 42.8 Å². The number of para-hydroxylation sites is 4. The number of benzene rings is 6. The molecule has 3 heteroatoms. The lowest BCUT2D eigenvalue weighted by atomic mass is 10.0. The second kappa shape index (κ2) is 7.99. The molecule has 0 aliphatic heterocycles. The summed E-state index contributed by atoms with van der Waals surface area (Å²) in [6.07, 6.45) is 0. The van der Waals surface area contributed by atoms with Crippen molar-refractivity contribution >= 4 is 71.7 Å². The summed E-state index contributed by atoms with van der Waals surface area (Å²) in [5.41, 5.74) is 7.95. The van der Waals surface area contributed by atoms with Crippen molar-refractivity contribution < 1.29 is 8.83 Å². The Kier molecular flexibility index (Phi) is 4.44. The largest absolute Gasteiger partial charge is 0.455 e. The fourth-order valence-corrected chi connectivity index (χ4v) is 5.82. The summed E-state index contributed by atoms with van der Waals surface area (Å²) < 4.78 is 13.0. The smallest absolute Gasteiger partial charge is 0.159 e. The minimum absolute atomic E-state index is 0.873. The number of hydrogen-bond donors (Lipinski definition) is 0. The van der Waals surface area contributed by atoms with E-state index in [1.54, 1.807) is 0 Å². The third kappa shape index (κ3) is 2.96. The summed E-state index contributed by atoms with van der Waals surface area (Å²) in [4.78, 5) is 2.35. The van der Waals surface area contributed by atoms with Crippen molar-refractivity contribution in [1.29, 1.82) is 0 Å². The molecule has 38 heavy (non-hydrogen) atoms. The van der Waals surface area contributed by atoms with Crippen molar-refractivity contribution in [3.8, 4) is 0 Å². The fourth-order valence-electron chi connectivity index (χ4n) is 5.82. The van der Waals surface area contributed by atoms with Crippen LogP contribution in [0.3, 0.4) is 0 Å². The first-order valence-corrected chi connectivity index (χ1v) is 12.9. The molecule has 6 aromatic carbocycles. The summed E-state index contributed by atoms with van der Waals surface area (Å²) in [5, 5.41) is 6.65. The van der Waals surface area contributed by atoms with Crippen molar-refractivity contribution in [2.75, 3.05) is 4.90 Å². The van der Waals surface area contributed by atoms with E-state index in [4.69, 9.17) is 8.83 Å². The van der Waals surface area contributed by atoms with Crippen LogP contribution in [-0.2, 0) is 0 Å². The molecular weight excluding hydrogens is 466 g/mol. The molecule has 0 atom stereocenters. The Labute approximate surface area is 219 Å². The van der Waals surface area contributed by atoms with Crippen LogP contribution in [0.4, 0.5) is 17.1 Å². The Morgan fingerprint density at radius 2 is 0.947 bits per heavy atom. The van der Waals surface area contributed by atoms with Gasteiger partial charge in [0.1, 0.15) is 16.7 Å². The molecule has 0 radical (unpaired) electrons. The third-order valence-corrected chi connectivity index (χ3v) is 7.58. The second-order valence-electron chi connectivity index (χ2n) is 9.79. The molecule has 0 spiro atoms. The molecule has 0 aliphatic carbocycles. The number of rotatable bonds is 3. The van der Waals surface area contributed by atoms with Crippen LogP contribution in [0.25, 0.3) is 54.6 Å². The summed E-state index contributed by atoms with van der Waals surface area (Å²) in [6, 6.07) is 42.3. The van der Waals surface area contributed by atoms with E-state index in [0.29, 0.717) is 0 Å². The third-order valence-electron chi connectivity index (χ3n) is 7.58. The Hall–Kier alpha value is -5.02. The van der Waals surface area contributed by atoms with Crippen LogP contribution in [0.15, 0.2) is 130 Å². The first kappa shape index (κ1) is 21.1. The van der Waals surface area contributed by atoms with Crippen molar-refractivity contribution in [1.82, 2.24) is 0 Å². The van der Waals surface area contributed by atoms with Gasteiger partial charge in [0.15, 0.2) is 5.58 Å². The lowest BCUT2D eigenvalue weighted by Crippen LogP contribution is -2.12. The average molecular weight is 490 g/mol. The number of furan rings is 2. The van der Waals surface area contributed by atoms with E-state index in [-0.39, 0.29) is 0 Å². The van der Waals surface area contributed by atoms with Gasteiger partial charge in [-0.2, -0.15) is 0 Å². The molecule has 8 aromatic rings. The fraction of sp³-hybridized carbons (Fsp3) is 0.0286. The molecule has 0 aliphatic rings. The maximum Gasteiger partial charge on any atom is 0.159 e. The van der Waals surface area contributed by atoms with E-state index < -0.39 is 0 Å². The summed E-state index contributed by atoms with van der Waals surface area (Å²) in [5.74, 6) is 0. The average Bonchev–Trinajstić information content (AvgIpc) is 3.53. The SMILES string of the molecule is Cc1ccccc1N(c1cc2c3ccccc3oc2c2ccccc12)c1cccc2c1oc1ccccc12. The van der Waals surface area contributed by atoms with Gasteiger partial charge in [-0.25, -0.2) is 0 Å². The monoisotopic (exact) mass is 489 g/mol. The Morgan fingerprint density at radius 3 is 1.71 bits per heavy atom. The molecule has 0 bridgehead atoms. The van der Waals surface area contributed by atoms with Gasteiger partial charge in [-0.15, -0.1) is 0 Å². The molecule has 0 N–H and O–H groups in total. The van der Waals surface area contributed by atoms with Gasteiger partial charge in [-0.1, -0.05) is 91.0 Å². The molecule has 2 heterocycles. The Bertz CT molecular complexity index is 2160. The van der Waals surface area contributed by atoms with E-state index >= 15 is 0 Å². The van der Waals surface area contributed by atoms with Crippen molar-refractivity contribution in [2.45, 2.75) is 6.92 Å². The number of hydrogen-bond acceptors (Lipinski definition) is 3. The van der Waals surface area contributed by atoms with Crippen molar-refractivity contribution in [2.24, 2.45) is 0 Å². The molecule has 0 amide bonds. The van der Waals surface area contributed by atoms with E-state index in [2.05, 4.69) is 109 Å². The minimum atomic E-state index is 0.873. The number of fused-ring (bicyclic) bond motifs is 8. The van der Waals surface area contributed by atoms with E-state index in [1.807, 2.05) is 24.3 Å². The van der Waals surface area contributed by atoms with Crippen LogP contribution in [0.2, 0.25) is 0 Å². The highest BCUT2D eigenvalue weighted by atomic mass is 16.3. The standard InChI is InChI=1S/C35H23NO2/c1-22-11-2-7-17-29(22)36(30-18-10-16-27-24-13-5-8-19-32(24)38-35(27)30)31-21-28-25-14-6-9-20-33(25)37-34(28)26-15-4-3-12-23(26)31/h2-21H,1H3. The summed E-state index contributed by atoms with van der Waals surface area (Å²) >= 11 is 0. The number of nitrogens with zero attached hydrogens (tertiary/aromatic N) is 1. The van der Waals surface area contributed by atoms with E-state index in [1.165, 1.54) is 5.56 Å². The molecule has 0 saturated heterocycles. The van der Waals surface area contributed by atoms with Crippen LogP contribution in [0.1, 0.15) is 5.56 Å². The zero-order valence-corrected chi connectivity index (χ0v) is 20.8. The number of anilines is 3.